The van der Waals surface area contributed by atoms with E-state index in [2.05, 4.69) is 16.9 Å². The van der Waals surface area contributed by atoms with E-state index in [4.69, 9.17) is 5.73 Å². The van der Waals surface area contributed by atoms with Crippen molar-refractivity contribution in [2.24, 2.45) is 5.73 Å². The highest BCUT2D eigenvalue weighted by Crippen LogP contribution is 2.25. The molecule has 3 aromatic rings. The predicted octanol–water partition coefficient (Wildman–Crippen LogP) is 2.50. The summed E-state index contributed by atoms with van der Waals surface area (Å²) in [5.41, 5.74) is 10.2. The van der Waals surface area contributed by atoms with Crippen molar-refractivity contribution in [2.45, 2.75) is 26.7 Å². The number of hydrogen-bond acceptors (Lipinski definition) is 4. The lowest BCUT2D eigenvalue weighted by molar-refractivity contribution is 0.468. The Labute approximate surface area is 129 Å². The van der Waals surface area contributed by atoms with Gasteiger partial charge < -0.3 is 10.8 Å². The first-order valence-corrected chi connectivity index (χ1v) is 7.50. The quantitative estimate of drug-likeness (QED) is 0.775. The first kappa shape index (κ1) is 14.5. The van der Waals surface area contributed by atoms with Crippen LogP contribution in [0.3, 0.4) is 0 Å². The smallest absolute Gasteiger partial charge is 0.164 e. The fourth-order valence-electron chi connectivity index (χ4n) is 2.69. The monoisotopic (exact) mass is 296 g/mol. The number of aromatic hydroxyl groups is 1. The fourth-order valence-corrected chi connectivity index (χ4v) is 2.69. The van der Waals surface area contributed by atoms with Crippen molar-refractivity contribution in [2.75, 3.05) is 6.54 Å². The van der Waals surface area contributed by atoms with Crippen LogP contribution in [0.5, 0.6) is 5.75 Å². The molecule has 2 aromatic heterocycles. The SMILES string of the molecule is CCc1nc2cc(C)cnc2n1-c1ccc(O)c(CCN)c1. The minimum Gasteiger partial charge on any atom is -0.508 e. The number of nitrogens with zero attached hydrogens (tertiary/aromatic N) is 3. The molecule has 0 amide bonds. The normalized spacial score (nSPS) is 11.2. The van der Waals surface area contributed by atoms with Crippen LogP contribution in [-0.2, 0) is 12.8 Å². The highest BCUT2D eigenvalue weighted by molar-refractivity contribution is 5.74. The molecule has 0 aliphatic heterocycles. The molecular formula is C17H20N4O. The molecule has 0 aliphatic rings. The average Bonchev–Trinajstić information content (AvgIpc) is 2.87. The summed E-state index contributed by atoms with van der Waals surface area (Å²) in [5, 5.41) is 9.94. The van der Waals surface area contributed by atoms with Crippen LogP contribution < -0.4 is 5.73 Å². The van der Waals surface area contributed by atoms with Gasteiger partial charge >= 0.3 is 0 Å². The van der Waals surface area contributed by atoms with Crippen molar-refractivity contribution in [1.29, 1.82) is 0 Å². The first-order chi connectivity index (χ1) is 10.6. The summed E-state index contributed by atoms with van der Waals surface area (Å²) >= 11 is 0. The van der Waals surface area contributed by atoms with E-state index < -0.39 is 0 Å². The summed E-state index contributed by atoms with van der Waals surface area (Å²) < 4.78 is 2.05. The van der Waals surface area contributed by atoms with E-state index in [1.807, 2.05) is 35.9 Å². The fraction of sp³-hybridized carbons (Fsp3) is 0.294. The lowest BCUT2D eigenvalue weighted by Crippen LogP contribution is -2.05. The molecule has 1 aromatic carbocycles. The van der Waals surface area contributed by atoms with Crippen molar-refractivity contribution < 1.29 is 5.11 Å². The van der Waals surface area contributed by atoms with E-state index in [0.29, 0.717) is 13.0 Å². The number of aromatic nitrogens is 3. The third-order valence-corrected chi connectivity index (χ3v) is 3.75. The zero-order chi connectivity index (χ0) is 15.7. The molecule has 0 spiro atoms. The lowest BCUT2D eigenvalue weighted by Gasteiger charge is -2.11. The summed E-state index contributed by atoms with van der Waals surface area (Å²) in [6.07, 6.45) is 3.30. The van der Waals surface area contributed by atoms with Crippen molar-refractivity contribution in [3.63, 3.8) is 0 Å². The summed E-state index contributed by atoms with van der Waals surface area (Å²) in [6.45, 7) is 4.59. The summed E-state index contributed by atoms with van der Waals surface area (Å²) in [7, 11) is 0. The molecule has 114 valence electrons. The molecule has 3 N–H and O–H groups in total. The number of rotatable bonds is 4. The van der Waals surface area contributed by atoms with Crippen molar-refractivity contribution in [1.82, 2.24) is 14.5 Å². The van der Waals surface area contributed by atoms with Crippen LogP contribution >= 0.6 is 0 Å². The average molecular weight is 296 g/mol. The van der Waals surface area contributed by atoms with Gasteiger partial charge in [-0.2, -0.15) is 0 Å². The Balaban J connectivity index is 2.22. The molecule has 0 bridgehead atoms. The van der Waals surface area contributed by atoms with Crippen LogP contribution in [0.2, 0.25) is 0 Å². The predicted molar refractivity (Wildman–Crippen MR) is 87.4 cm³/mol. The molecule has 5 nitrogen and oxygen atoms in total. The van der Waals surface area contributed by atoms with Crippen molar-refractivity contribution in [3.8, 4) is 11.4 Å². The minimum absolute atomic E-state index is 0.278. The van der Waals surface area contributed by atoms with Crippen molar-refractivity contribution in [3.05, 3.63) is 47.4 Å². The number of aryl methyl sites for hydroxylation is 2. The summed E-state index contributed by atoms with van der Waals surface area (Å²) in [6, 6.07) is 7.60. The number of nitrogens with two attached hydrogens (primary N) is 1. The molecule has 22 heavy (non-hydrogen) atoms. The molecule has 0 saturated heterocycles. The minimum atomic E-state index is 0.278. The molecule has 0 aliphatic carbocycles. The number of benzene rings is 1. The second-order valence-corrected chi connectivity index (χ2v) is 5.42. The highest BCUT2D eigenvalue weighted by atomic mass is 16.3. The Bertz CT molecular complexity index is 823. The number of phenols is 1. The topological polar surface area (TPSA) is 77.0 Å². The number of fused-ring (bicyclic) bond motifs is 1. The summed E-state index contributed by atoms with van der Waals surface area (Å²) in [4.78, 5) is 9.22. The van der Waals surface area contributed by atoms with Gasteiger partial charge in [-0.05, 0) is 55.3 Å². The van der Waals surface area contributed by atoms with Gasteiger partial charge in [-0.25, -0.2) is 9.97 Å². The van der Waals surface area contributed by atoms with E-state index >= 15 is 0 Å². The van der Waals surface area contributed by atoms with Gasteiger partial charge in [-0.1, -0.05) is 6.92 Å². The molecule has 0 saturated carbocycles. The van der Waals surface area contributed by atoms with E-state index in [1.165, 1.54) is 0 Å². The van der Waals surface area contributed by atoms with E-state index in [0.717, 1.165) is 40.2 Å². The van der Waals surface area contributed by atoms with Gasteiger partial charge in [-0.15, -0.1) is 0 Å². The van der Waals surface area contributed by atoms with Crippen LogP contribution in [0.15, 0.2) is 30.5 Å². The van der Waals surface area contributed by atoms with Gasteiger partial charge in [0.1, 0.15) is 17.1 Å². The lowest BCUT2D eigenvalue weighted by atomic mass is 10.1. The van der Waals surface area contributed by atoms with Crippen LogP contribution in [-0.4, -0.2) is 26.2 Å². The van der Waals surface area contributed by atoms with Gasteiger partial charge in [0.2, 0.25) is 0 Å². The Hall–Kier alpha value is -2.40. The molecule has 3 rings (SSSR count). The Kier molecular flexibility index (Phi) is 3.81. The largest absolute Gasteiger partial charge is 0.508 e. The first-order valence-electron chi connectivity index (χ1n) is 7.50. The molecule has 0 fully saturated rings. The molecule has 0 atom stereocenters. The molecular weight excluding hydrogens is 276 g/mol. The molecule has 0 radical (unpaired) electrons. The van der Waals surface area contributed by atoms with E-state index in [-0.39, 0.29) is 5.75 Å². The number of pyridine rings is 1. The number of hydrogen-bond donors (Lipinski definition) is 2. The molecule has 5 heteroatoms. The molecule has 0 unspecified atom stereocenters. The highest BCUT2D eigenvalue weighted by Gasteiger charge is 2.13. The number of imidazole rings is 1. The Morgan fingerprint density at radius 3 is 2.82 bits per heavy atom. The van der Waals surface area contributed by atoms with Crippen LogP contribution in [0.25, 0.3) is 16.9 Å². The Morgan fingerprint density at radius 1 is 1.27 bits per heavy atom. The van der Waals surface area contributed by atoms with Crippen LogP contribution in [0.4, 0.5) is 0 Å². The second kappa shape index (κ2) is 5.77. The molecule has 2 heterocycles. The second-order valence-electron chi connectivity index (χ2n) is 5.42. The summed E-state index contributed by atoms with van der Waals surface area (Å²) in [5.74, 6) is 1.23. The Morgan fingerprint density at radius 2 is 2.09 bits per heavy atom. The third kappa shape index (κ3) is 2.44. The van der Waals surface area contributed by atoms with E-state index in [9.17, 15) is 5.11 Å². The standard InChI is InChI=1S/C17H20N4O/c1-3-16-20-14-8-11(2)10-19-17(14)21(16)13-4-5-15(22)12(9-13)6-7-18/h4-5,8-10,22H,3,6-7,18H2,1-2H3. The maximum absolute atomic E-state index is 9.94. The van der Waals surface area contributed by atoms with Gasteiger partial charge in [0.15, 0.2) is 5.65 Å². The maximum atomic E-state index is 9.94. The van der Waals surface area contributed by atoms with Crippen LogP contribution in [0.1, 0.15) is 23.9 Å². The number of phenolic OH excluding ortho intramolecular Hbond substituents is 1. The van der Waals surface area contributed by atoms with E-state index in [1.54, 1.807) is 6.07 Å². The van der Waals surface area contributed by atoms with Gasteiger partial charge in [0, 0.05) is 18.3 Å². The zero-order valence-corrected chi connectivity index (χ0v) is 12.9. The van der Waals surface area contributed by atoms with Crippen LogP contribution in [0, 0.1) is 6.92 Å². The zero-order valence-electron chi connectivity index (χ0n) is 12.9. The van der Waals surface area contributed by atoms with Gasteiger partial charge in [0.25, 0.3) is 0 Å². The van der Waals surface area contributed by atoms with Gasteiger partial charge in [-0.3, -0.25) is 4.57 Å². The maximum Gasteiger partial charge on any atom is 0.164 e. The third-order valence-electron chi connectivity index (χ3n) is 3.75. The van der Waals surface area contributed by atoms with Crippen molar-refractivity contribution >= 4 is 11.2 Å². The van der Waals surface area contributed by atoms with Gasteiger partial charge in [0.05, 0.1) is 0 Å².